The maximum absolute atomic E-state index is 16.0. The van der Waals surface area contributed by atoms with E-state index in [4.69, 9.17) is 4.74 Å². The van der Waals surface area contributed by atoms with E-state index < -0.39 is 47.7 Å². The Labute approximate surface area is 235 Å². The standard InChI is InChI=1S/C32H46F4O4/c1-17(6-5-7-24(37)27-23(34)14-18(33)15-26(27)40-4)19-8-9-20-28-21(10-12-30(19,20)2)31(3)13-11-25(38)29(39)22(31)16-32(28,35)36/h14-15,17,19-22,24-25,28-29,37-39H,5-13,16H2,1-4H3/t17-,19-,20+,21+,22+,24?,25+,28+,29-,30-,31-/m1/s1. The Morgan fingerprint density at radius 1 is 0.950 bits per heavy atom. The van der Waals surface area contributed by atoms with Gasteiger partial charge in [-0.1, -0.05) is 33.6 Å². The molecule has 0 amide bonds. The number of rotatable bonds is 7. The summed E-state index contributed by atoms with van der Waals surface area (Å²) in [6.07, 6.45) is 2.63. The van der Waals surface area contributed by atoms with Crippen LogP contribution in [0.5, 0.6) is 5.75 Å². The molecule has 1 unspecified atom stereocenters. The zero-order valence-corrected chi connectivity index (χ0v) is 24.2. The number of hydrogen-bond donors (Lipinski definition) is 3. The Morgan fingerprint density at radius 2 is 1.62 bits per heavy atom. The van der Waals surface area contributed by atoms with Crippen molar-refractivity contribution in [3.63, 3.8) is 0 Å². The SMILES string of the molecule is COc1cc(F)cc(F)c1C(O)CCC[C@@H](C)[C@H]1CC[C@H]2[C@H]3[C@H](CC[C@]12C)[C@@]1(C)CC[C@H](O)[C@H](O)[C@@H]1CC3(F)F. The van der Waals surface area contributed by atoms with Gasteiger partial charge in [0.2, 0.25) is 0 Å². The van der Waals surface area contributed by atoms with Crippen molar-refractivity contribution >= 4 is 0 Å². The molecule has 0 aromatic heterocycles. The van der Waals surface area contributed by atoms with E-state index in [1.54, 1.807) is 0 Å². The van der Waals surface area contributed by atoms with Crippen LogP contribution in [0.25, 0.3) is 0 Å². The lowest BCUT2D eigenvalue weighted by atomic mass is 9.43. The number of hydrogen-bond acceptors (Lipinski definition) is 4. The molecule has 4 nitrogen and oxygen atoms in total. The summed E-state index contributed by atoms with van der Waals surface area (Å²) in [5.74, 6) is -5.46. The number of methoxy groups -OCH3 is 1. The van der Waals surface area contributed by atoms with Gasteiger partial charge in [0.25, 0.3) is 5.92 Å². The van der Waals surface area contributed by atoms with Gasteiger partial charge in [-0.3, -0.25) is 0 Å². The van der Waals surface area contributed by atoms with E-state index in [9.17, 15) is 24.1 Å². The molecule has 1 aromatic carbocycles. The lowest BCUT2D eigenvalue weighted by Crippen LogP contribution is -2.64. The van der Waals surface area contributed by atoms with E-state index in [-0.39, 0.29) is 52.2 Å². The van der Waals surface area contributed by atoms with Gasteiger partial charge < -0.3 is 20.1 Å². The first kappa shape index (κ1) is 30.1. The summed E-state index contributed by atoms with van der Waals surface area (Å²) in [5.41, 5.74) is -0.622. The van der Waals surface area contributed by atoms with E-state index >= 15 is 8.78 Å². The van der Waals surface area contributed by atoms with Gasteiger partial charge in [-0.2, -0.15) is 0 Å². The Hall–Kier alpha value is -1.38. The average molecular weight is 571 g/mol. The Bertz CT molecular complexity index is 1080. The fourth-order valence-electron chi connectivity index (χ4n) is 10.2. The van der Waals surface area contributed by atoms with Crippen LogP contribution in [0.15, 0.2) is 12.1 Å². The summed E-state index contributed by atoms with van der Waals surface area (Å²) in [6, 6.07) is 1.82. The Kier molecular flexibility index (Phi) is 8.06. The number of fused-ring (bicyclic) bond motifs is 5. The van der Waals surface area contributed by atoms with E-state index in [0.717, 1.165) is 37.8 Å². The topological polar surface area (TPSA) is 69.9 Å². The summed E-state index contributed by atoms with van der Waals surface area (Å²) < 4.78 is 65.1. The summed E-state index contributed by atoms with van der Waals surface area (Å²) in [4.78, 5) is 0. The molecule has 0 heterocycles. The van der Waals surface area contributed by atoms with Crippen molar-refractivity contribution in [1.82, 2.24) is 0 Å². The molecule has 1 aromatic rings. The second-order valence-corrected chi connectivity index (χ2v) is 14.1. The van der Waals surface area contributed by atoms with Gasteiger partial charge in [0.05, 0.1) is 31.0 Å². The summed E-state index contributed by atoms with van der Waals surface area (Å²) in [7, 11) is 1.31. The van der Waals surface area contributed by atoms with Crippen LogP contribution in [0, 0.1) is 58.0 Å². The fraction of sp³-hybridized carbons (Fsp3) is 0.812. The normalized spacial score (nSPS) is 41.9. The molecule has 0 radical (unpaired) electrons. The number of ether oxygens (including phenoxy) is 1. The van der Waals surface area contributed by atoms with Crippen LogP contribution >= 0.6 is 0 Å². The quantitative estimate of drug-likeness (QED) is 0.307. The third-order valence-electron chi connectivity index (χ3n) is 12.2. The summed E-state index contributed by atoms with van der Waals surface area (Å²) in [6.45, 7) is 6.46. The first-order valence-corrected chi connectivity index (χ1v) is 15.2. The van der Waals surface area contributed by atoms with Gasteiger partial charge in [-0.05, 0) is 85.4 Å². The van der Waals surface area contributed by atoms with Crippen molar-refractivity contribution in [1.29, 1.82) is 0 Å². The molecule has 4 saturated carbocycles. The first-order chi connectivity index (χ1) is 18.7. The van der Waals surface area contributed by atoms with Crippen LogP contribution in [0.2, 0.25) is 0 Å². The molecule has 0 aliphatic heterocycles. The molecule has 11 atom stereocenters. The molecule has 0 bridgehead atoms. The Morgan fingerprint density at radius 3 is 2.33 bits per heavy atom. The molecule has 8 heteroatoms. The van der Waals surface area contributed by atoms with Crippen LogP contribution in [0.4, 0.5) is 17.6 Å². The summed E-state index contributed by atoms with van der Waals surface area (Å²) >= 11 is 0. The third-order valence-corrected chi connectivity index (χ3v) is 12.2. The van der Waals surface area contributed by atoms with Crippen LogP contribution in [0.1, 0.15) is 96.6 Å². The van der Waals surface area contributed by atoms with Crippen molar-refractivity contribution in [3.05, 3.63) is 29.3 Å². The van der Waals surface area contributed by atoms with E-state index in [1.807, 2.05) is 0 Å². The van der Waals surface area contributed by atoms with Crippen LogP contribution in [0.3, 0.4) is 0 Å². The largest absolute Gasteiger partial charge is 0.496 e. The predicted octanol–water partition coefficient (Wildman–Crippen LogP) is 7.05. The van der Waals surface area contributed by atoms with Gasteiger partial charge in [-0.15, -0.1) is 0 Å². The van der Waals surface area contributed by atoms with Crippen LogP contribution < -0.4 is 4.74 Å². The fourth-order valence-corrected chi connectivity index (χ4v) is 10.2. The smallest absolute Gasteiger partial charge is 0.251 e. The van der Waals surface area contributed by atoms with Crippen LogP contribution in [-0.4, -0.2) is 40.6 Å². The minimum Gasteiger partial charge on any atom is -0.496 e. The minimum atomic E-state index is -2.88. The molecule has 4 fully saturated rings. The second-order valence-electron chi connectivity index (χ2n) is 14.1. The number of halogens is 4. The second kappa shape index (κ2) is 10.7. The van der Waals surface area contributed by atoms with Crippen molar-refractivity contribution in [3.8, 4) is 5.75 Å². The summed E-state index contributed by atoms with van der Waals surface area (Å²) in [5, 5.41) is 31.7. The third kappa shape index (κ3) is 4.78. The van der Waals surface area contributed by atoms with Gasteiger partial charge in [0.1, 0.15) is 17.4 Å². The lowest BCUT2D eigenvalue weighted by molar-refractivity contribution is -0.258. The zero-order valence-electron chi connectivity index (χ0n) is 24.2. The molecule has 4 aliphatic rings. The maximum Gasteiger partial charge on any atom is 0.251 e. The first-order valence-electron chi connectivity index (χ1n) is 15.2. The van der Waals surface area contributed by atoms with Gasteiger partial charge in [0.15, 0.2) is 0 Å². The number of alkyl halides is 2. The van der Waals surface area contributed by atoms with E-state index in [1.165, 1.54) is 7.11 Å². The average Bonchev–Trinajstić information content (AvgIpc) is 3.24. The monoisotopic (exact) mass is 570 g/mol. The highest BCUT2D eigenvalue weighted by molar-refractivity contribution is 5.37. The van der Waals surface area contributed by atoms with Crippen molar-refractivity contribution in [2.45, 2.75) is 109 Å². The highest BCUT2D eigenvalue weighted by Crippen LogP contribution is 2.71. The van der Waals surface area contributed by atoms with Crippen LogP contribution in [-0.2, 0) is 0 Å². The van der Waals surface area contributed by atoms with E-state index in [2.05, 4.69) is 20.8 Å². The predicted molar refractivity (Wildman–Crippen MR) is 144 cm³/mol. The molecule has 226 valence electrons. The van der Waals surface area contributed by atoms with Gasteiger partial charge >= 0.3 is 0 Å². The number of aliphatic hydroxyl groups excluding tert-OH is 3. The molecule has 0 saturated heterocycles. The highest BCUT2D eigenvalue weighted by Gasteiger charge is 2.69. The van der Waals surface area contributed by atoms with Gasteiger partial charge in [0, 0.05) is 24.5 Å². The molecule has 3 N–H and O–H groups in total. The van der Waals surface area contributed by atoms with Crippen molar-refractivity contribution < 1.29 is 37.6 Å². The van der Waals surface area contributed by atoms with E-state index in [0.29, 0.717) is 32.1 Å². The maximum atomic E-state index is 16.0. The molecule has 0 spiro atoms. The lowest BCUT2D eigenvalue weighted by Gasteiger charge is -2.63. The molecule has 4 aliphatic carbocycles. The highest BCUT2D eigenvalue weighted by atomic mass is 19.3. The van der Waals surface area contributed by atoms with Crippen molar-refractivity contribution in [2.75, 3.05) is 7.11 Å². The zero-order chi connectivity index (χ0) is 29.2. The molecule has 40 heavy (non-hydrogen) atoms. The molecular formula is C32H46F4O4. The number of aliphatic hydroxyl groups is 3. The van der Waals surface area contributed by atoms with Gasteiger partial charge in [-0.25, -0.2) is 17.6 Å². The Balaban J connectivity index is 1.27. The van der Waals surface area contributed by atoms with Crippen molar-refractivity contribution in [2.24, 2.45) is 46.3 Å². The minimum absolute atomic E-state index is 0.00899. The molecule has 5 rings (SSSR count). The number of benzene rings is 1. The molecular weight excluding hydrogens is 524 g/mol.